The maximum absolute atomic E-state index is 5.98. The number of aliphatic imine (C=N–C) groups is 1. The van der Waals surface area contributed by atoms with Gasteiger partial charge in [-0.15, -0.1) is 0 Å². The van der Waals surface area contributed by atoms with Gasteiger partial charge in [0.1, 0.15) is 6.61 Å². The van der Waals surface area contributed by atoms with Gasteiger partial charge in [0.15, 0.2) is 17.5 Å². The number of guanidine groups is 1. The van der Waals surface area contributed by atoms with Crippen LogP contribution in [0.3, 0.4) is 0 Å². The average Bonchev–Trinajstić information content (AvgIpc) is 2.66. The minimum absolute atomic E-state index is 0.300. The number of pyridine rings is 1. The van der Waals surface area contributed by atoms with Crippen LogP contribution in [0.25, 0.3) is 0 Å². The van der Waals surface area contributed by atoms with Crippen LogP contribution in [-0.4, -0.2) is 57.3 Å². The first-order valence-electron chi connectivity index (χ1n) is 8.53. The monoisotopic (exact) mass is 373 g/mol. The van der Waals surface area contributed by atoms with Crippen molar-refractivity contribution in [3.05, 3.63) is 42.1 Å². The van der Waals surface area contributed by atoms with E-state index >= 15 is 0 Å². The van der Waals surface area contributed by atoms with Crippen molar-refractivity contribution < 1.29 is 14.2 Å². The van der Waals surface area contributed by atoms with Gasteiger partial charge in [0.25, 0.3) is 0 Å². The molecule has 3 N–H and O–H groups in total. The number of hydrogen-bond donors (Lipinski definition) is 2. The van der Waals surface area contributed by atoms with Gasteiger partial charge >= 0.3 is 0 Å². The van der Waals surface area contributed by atoms with Crippen molar-refractivity contribution in [3.8, 4) is 17.4 Å². The van der Waals surface area contributed by atoms with Crippen LogP contribution in [-0.2, 0) is 6.54 Å². The van der Waals surface area contributed by atoms with Crippen LogP contribution in [0.1, 0.15) is 5.56 Å². The minimum Gasteiger partial charge on any atom is -0.493 e. The molecule has 0 aliphatic heterocycles. The zero-order valence-electron chi connectivity index (χ0n) is 16.2. The van der Waals surface area contributed by atoms with Crippen LogP contribution in [0.15, 0.2) is 41.5 Å². The second-order valence-electron chi connectivity index (χ2n) is 6.05. The van der Waals surface area contributed by atoms with Crippen molar-refractivity contribution in [1.82, 2.24) is 9.88 Å². The van der Waals surface area contributed by atoms with Gasteiger partial charge in [0.2, 0.25) is 5.88 Å². The molecule has 8 nitrogen and oxygen atoms in total. The summed E-state index contributed by atoms with van der Waals surface area (Å²) in [6, 6.07) is 9.18. The highest BCUT2D eigenvalue weighted by Gasteiger charge is 2.05. The lowest BCUT2D eigenvalue weighted by molar-refractivity contribution is 0.253. The molecule has 2 rings (SSSR count). The SMILES string of the molecule is COc1ccc(NC(N)=NCc2ccnc(OCCN(C)C)c2)cc1OC. The van der Waals surface area contributed by atoms with Gasteiger partial charge < -0.3 is 30.2 Å². The molecular weight excluding hydrogens is 346 g/mol. The Morgan fingerprint density at radius 2 is 1.93 bits per heavy atom. The molecule has 0 amide bonds. The molecule has 0 saturated carbocycles. The number of ether oxygens (including phenoxy) is 3. The third-order valence-corrected chi connectivity index (χ3v) is 3.68. The van der Waals surface area contributed by atoms with E-state index in [1.54, 1.807) is 32.5 Å². The van der Waals surface area contributed by atoms with Gasteiger partial charge in [-0.25, -0.2) is 9.98 Å². The smallest absolute Gasteiger partial charge is 0.213 e. The van der Waals surface area contributed by atoms with Crippen molar-refractivity contribution in [2.24, 2.45) is 10.7 Å². The Balaban J connectivity index is 1.95. The summed E-state index contributed by atoms with van der Waals surface area (Å²) in [4.78, 5) is 10.6. The van der Waals surface area contributed by atoms with E-state index in [-0.39, 0.29) is 0 Å². The number of hydrogen-bond acceptors (Lipinski definition) is 6. The quantitative estimate of drug-likeness (QED) is 0.512. The van der Waals surface area contributed by atoms with Crippen molar-refractivity contribution in [2.45, 2.75) is 6.54 Å². The molecule has 0 spiro atoms. The molecule has 1 aromatic carbocycles. The number of nitrogens with zero attached hydrogens (tertiary/aromatic N) is 3. The highest BCUT2D eigenvalue weighted by atomic mass is 16.5. The molecule has 0 unspecified atom stereocenters. The van der Waals surface area contributed by atoms with Gasteiger partial charge in [-0.05, 0) is 37.9 Å². The van der Waals surface area contributed by atoms with E-state index in [1.165, 1.54) is 0 Å². The Morgan fingerprint density at radius 1 is 1.15 bits per heavy atom. The number of anilines is 1. The number of nitrogens with one attached hydrogen (secondary N) is 1. The molecule has 2 aromatic rings. The molecule has 1 aromatic heterocycles. The van der Waals surface area contributed by atoms with E-state index < -0.39 is 0 Å². The highest BCUT2D eigenvalue weighted by Crippen LogP contribution is 2.29. The van der Waals surface area contributed by atoms with E-state index in [9.17, 15) is 0 Å². The molecule has 0 saturated heterocycles. The summed E-state index contributed by atoms with van der Waals surface area (Å²) in [5.74, 6) is 2.14. The summed E-state index contributed by atoms with van der Waals surface area (Å²) in [6.45, 7) is 1.82. The second kappa shape index (κ2) is 10.2. The van der Waals surface area contributed by atoms with Crippen molar-refractivity contribution >= 4 is 11.6 Å². The maximum atomic E-state index is 5.98. The largest absolute Gasteiger partial charge is 0.493 e. The third kappa shape index (κ3) is 6.67. The second-order valence-corrected chi connectivity index (χ2v) is 6.05. The normalized spacial score (nSPS) is 11.4. The standard InChI is InChI=1S/C19H27N5O3/c1-24(2)9-10-27-18-11-14(7-8-21-18)13-22-19(20)23-15-5-6-16(25-3)17(12-15)26-4/h5-8,11-12H,9-10,13H2,1-4H3,(H3,20,22,23). The van der Waals surface area contributed by atoms with E-state index in [0.29, 0.717) is 36.5 Å². The molecule has 146 valence electrons. The fraction of sp³-hybridized carbons (Fsp3) is 0.368. The van der Waals surface area contributed by atoms with Crippen molar-refractivity contribution in [1.29, 1.82) is 0 Å². The molecule has 0 radical (unpaired) electrons. The van der Waals surface area contributed by atoms with Crippen molar-refractivity contribution in [2.75, 3.05) is 46.8 Å². The summed E-state index contributed by atoms with van der Waals surface area (Å²) in [5, 5.41) is 3.04. The Labute approximate surface area is 160 Å². The number of nitrogens with two attached hydrogens (primary N) is 1. The lowest BCUT2D eigenvalue weighted by Gasteiger charge is -2.11. The molecule has 1 heterocycles. The lowest BCUT2D eigenvalue weighted by atomic mass is 10.2. The summed E-state index contributed by atoms with van der Waals surface area (Å²) in [6.07, 6.45) is 1.70. The zero-order chi connectivity index (χ0) is 19.6. The first-order valence-corrected chi connectivity index (χ1v) is 8.53. The summed E-state index contributed by atoms with van der Waals surface area (Å²) < 4.78 is 16.1. The predicted molar refractivity (Wildman–Crippen MR) is 107 cm³/mol. The Morgan fingerprint density at radius 3 is 2.63 bits per heavy atom. The zero-order valence-corrected chi connectivity index (χ0v) is 16.2. The molecule has 0 aliphatic carbocycles. The minimum atomic E-state index is 0.300. The molecule has 0 bridgehead atoms. The van der Waals surface area contributed by atoms with Gasteiger partial charge in [-0.3, -0.25) is 0 Å². The molecule has 0 atom stereocenters. The molecule has 0 aliphatic rings. The highest BCUT2D eigenvalue weighted by molar-refractivity contribution is 5.92. The Hall–Kier alpha value is -3.00. The summed E-state index contributed by atoms with van der Waals surface area (Å²) >= 11 is 0. The van der Waals surface area contributed by atoms with Gasteiger partial charge in [0.05, 0.1) is 20.8 Å². The first-order chi connectivity index (χ1) is 13.0. The number of benzene rings is 1. The van der Waals surface area contributed by atoms with Gasteiger partial charge in [-0.1, -0.05) is 0 Å². The molecule has 8 heteroatoms. The molecule has 0 fully saturated rings. The number of rotatable bonds is 9. The Bertz CT molecular complexity index is 765. The van der Waals surface area contributed by atoms with Crippen LogP contribution >= 0.6 is 0 Å². The van der Waals surface area contributed by atoms with Crippen LogP contribution in [0.2, 0.25) is 0 Å². The van der Waals surface area contributed by atoms with Crippen molar-refractivity contribution in [3.63, 3.8) is 0 Å². The van der Waals surface area contributed by atoms with Crippen LogP contribution in [0, 0.1) is 0 Å². The maximum Gasteiger partial charge on any atom is 0.213 e. The van der Waals surface area contributed by atoms with E-state index in [2.05, 4.69) is 20.2 Å². The third-order valence-electron chi connectivity index (χ3n) is 3.68. The summed E-state index contributed by atoms with van der Waals surface area (Å²) in [7, 11) is 7.17. The van der Waals surface area contributed by atoms with Crippen LogP contribution in [0.4, 0.5) is 5.69 Å². The van der Waals surface area contributed by atoms with Crippen LogP contribution in [0.5, 0.6) is 17.4 Å². The first kappa shape index (κ1) is 20.3. The average molecular weight is 373 g/mol. The van der Waals surface area contributed by atoms with E-state index in [4.69, 9.17) is 19.9 Å². The molecule has 27 heavy (non-hydrogen) atoms. The number of likely N-dealkylation sites (N-methyl/N-ethyl adjacent to an activating group) is 1. The fourth-order valence-electron chi connectivity index (χ4n) is 2.24. The van der Waals surface area contributed by atoms with Gasteiger partial charge in [-0.2, -0.15) is 0 Å². The lowest BCUT2D eigenvalue weighted by Crippen LogP contribution is -2.22. The Kier molecular flexibility index (Phi) is 7.69. The predicted octanol–water partition coefficient (Wildman–Crippen LogP) is 1.97. The molecular formula is C19H27N5O3. The van der Waals surface area contributed by atoms with Crippen LogP contribution < -0.4 is 25.3 Å². The topological polar surface area (TPSA) is 94.2 Å². The number of methoxy groups -OCH3 is 2. The summed E-state index contributed by atoms with van der Waals surface area (Å²) in [5.41, 5.74) is 7.70. The van der Waals surface area contributed by atoms with Gasteiger partial charge in [0, 0.05) is 30.6 Å². The fourth-order valence-corrected chi connectivity index (χ4v) is 2.24. The van der Waals surface area contributed by atoms with E-state index in [0.717, 1.165) is 17.8 Å². The number of aromatic nitrogens is 1. The van der Waals surface area contributed by atoms with E-state index in [1.807, 2.05) is 32.3 Å².